The lowest BCUT2D eigenvalue weighted by molar-refractivity contribution is -0.150. The Hall–Kier alpha value is -1.34. The number of carbonyl (C=O) groups is 2. The van der Waals surface area contributed by atoms with Crippen LogP contribution in [0, 0.1) is 12.3 Å². The Bertz CT molecular complexity index is 267. The lowest BCUT2D eigenvalue weighted by Gasteiger charge is -2.21. The standard InChI is InChI=1S/C10H13NO3/c1-2-3-4-5-6-8-10(13)11-9(12)7-14-8/h1,8H,3-7H2,(H,11,12,13). The first-order valence-corrected chi connectivity index (χ1v) is 4.63. The van der Waals surface area contributed by atoms with Crippen molar-refractivity contribution >= 4 is 11.8 Å². The Labute approximate surface area is 83.0 Å². The Kier molecular flexibility index (Phi) is 4.14. The zero-order valence-electron chi connectivity index (χ0n) is 7.91. The maximum atomic E-state index is 11.2. The molecule has 0 aromatic rings. The van der Waals surface area contributed by atoms with Gasteiger partial charge in [-0.3, -0.25) is 14.9 Å². The molecule has 0 aromatic heterocycles. The Morgan fingerprint density at radius 1 is 1.50 bits per heavy atom. The predicted molar refractivity (Wildman–Crippen MR) is 50.2 cm³/mol. The molecule has 2 amide bonds. The van der Waals surface area contributed by atoms with Crippen LogP contribution in [-0.4, -0.2) is 24.5 Å². The van der Waals surface area contributed by atoms with Crippen molar-refractivity contribution in [2.75, 3.05) is 6.61 Å². The third-order valence-corrected chi connectivity index (χ3v) is 2.01. The summed E-state index contributed by atoms with van der Waals surface area (Å²) in [5.74, 6) is 1.83. The van der Waals surface area contributed by atoms with Gasteiger partial charge in [-0.05, 0) is 19.3 Å². The van der Waals surface area contributed by atoms with E-state index in [1.54, 1.807) is 0 Å². The number of hydrogen-bond acceptors (Lipinski definition) is 3. The summed E-state index contributed by atoms with van der Waals surface area (Å²) in [6, 6.07) is 0. The highest BCUT2D eigenvalue weighted by atomic mass is 16.5. The molecule has 1 rings (SSSR count). The zero-order chi connectivity index (χ0) is 10.4. The van der Waals surface area contributed by atoms with Crippen LogP contribution >= 0.6 is 0 Å². The van der Waals surface area contributed by atoms with Crippen molar-refractivity contribution in [3.05, 3.63) is 0 Å². The maximum Gasteiger partial charge on any atom is 0.255 e. The van der Waals surface area contributed by atoms with Gasteiger partial charge in [-0.15, -0.1) is 12.3 Å². The van der Waals surface area contributed by atoms with E-state index in [2.05, 4.69) is 11.2 Å². The van der Waals surface area contributed by atoms with Gasteiger partial charge >= 0.3 is 0 Å². The molecule has 1 aliphatic heterocycles. The van der Waals surface area contributed by atoms with Gasteiger partial charge in [-0.1, -0.05) is 0 Å². The fourth-order valence-electron chi connectivity index (χ4n) is 1.28. The summed E-state index contributed by atoms with van der Waals surface area (Å²) in [4.78, 5) is 21.9. The fourth-order valence-corrected chi connectivity index (χ4v) is 1.28. The molecule has 14 heavy (non-hydrogen) atoms. The van der Waals surface area contributed by atoms with E-state index >= 15 is 0 Å². The lowest BCUT2D eigenvalue weighted by atomic mass is 10.1. The molecule has 1 aliphatic rings. The summed E-state index contributed by atoms with van der Waals surface area (Å²) in [6.45, 7) is -0.0223. The summed E-state index contributed by atoms with van der Waals surface area (Å²) in [5, 5.41) is 2.23. The van der Waals surface area contributed by atoms with Crippen molar-refractivity contribution in [1.29, 1.82) is 0 Å². The van der Waals surface area contributed by atoms with Gasteiger partial charge in [0.15, 0.2) is 0 Å². The summed E-state index contributed by atoms with van der Waals surface area (Å²) in [5.41, 5.74) is 0. The quantitative estimate of drug-likeness (QED) is 0.396. The number of amides is 2. The smallest absolute Gasteiger partial charge is 0.255 e. The number of terminal acetylenes is 1. The van der Waals surface area contributed by atoms with Crippen molar-refractivity contribution in [2.24, 2.45) is 0 Å². The highest BCUT2D eigenvalue weighted by molar-refractivity contribution is 5.99. The fraction of sp³-hybridized carbons (Fsp3) is 0.600. The van der Waals surface area contributed by atoms with E-state index in [-0.39, 0.29) is 18.4 Å². The number of hydrogen-bond donors (Lipinski definition) is 1. The topological polar surface area (TPSA) is 55.4 Å². The monoisotopic (exact) mass is 195 g/mol. The second-order valence-electron chi connectivity index (χ2n) is 3.16. The molecule has 4 nitrogen and oxygen atoms in total. The van der Waals surface area contributed by atoms with Crippen molar-refractivity contribution in [3.8, 4) is 12.3 Å². The molecular formula is C10H13NO3. The molecule has 1 heterocycles. The molecule has 1 N–H and O–H groups in total. The van der Waals surface area contributed by atoms with Crippen LogP contribution < -0.4 is 5.32 Å². The molecule has 0 spiro atoms. The van der Waals surface area contributed by atoms with Crippen LogP contribution in [0.2, 0.25) is 0 Å². The Balaban J connectivity index is 2.21. The van der Waals surface area contributed by atoms with Crippen LogP contribution in [0.15, 0.2) is 0 Å². The molecule has 4 heteroatoms. The van der Waals surface area contributed by atoms with E-state index in [0.717, 1.165) is 12.8 Å². The molecule has 1 fully saturated rings. The van der Waals surface area contributed by atoms with Crippen LogP contribution in [0.3, 0.4) is 0 Å². The van der Waals surface area contributed by atoms with E-state index < -0.39 is 6.10 Å². The van der Waals surface area contributed by atoms with E-state index in [9.17, 15) is 9.59 Å². The number of rotatable bonds is 4. The highest BCUT2D eigenvalue weighted by Crippen LogP contribution is 2.09. The summed E-state index contributed by atoms with van der Waals surface area (Å²) in [7, 11) is 0. The minimum Gasteiger partial charge on any atom is -0.359 e. The molecule has 0 bridgehead atoms. The molecule has 1 saturated heterocycles. The normalized spacial score (nSPS) is 21.5. The Morgan fingerprint density at radius 3 is 2.93 bits per heavy atom. The van der Waals surface area contributed by atoms with E-state index in [1.165, 1.54) is 0 Å². The number of morpholine rings is 1. The number of ether oxygens (including phenoxy) is 1. The van der Waals surface area contributed by atoms with Crippen molar-refractivity contribution in [3.63, 3.8) is 0 Å². The predicted octanol–water partition coefficient (Wildman–Crippen LogP) is 0.222. The van der Waals surface area contributed by atoms with Gasteiger partial charge in [-0.25, -0.2) is 0 Å². The molecule has 76 valence electrons. The second kappa shape index (κ2) is 5.40. The van der Waals surface area contributed by atoms with E-state index in [1.807, 2.05) is 0 Å². The van der Waals surface area contributed by atoms with Crippen molar-refractivity contribution in [2.45, 2.75) is 31.8 Å². The molecule has 0 radical (unpaired) electrons. The maximum absolute atomic E-state index is 11.2. The second-order valence-corrected chi connectivity index (χ2v) is 3.16. The molecule has 1 unspecified atom stereocenters. The van der Waals surface area contributed by atoms with E-state index in [4.69, 9.17) is 11.2 Å². The number of unbranched alkanes of at least 4 members (excludes halogenated alkanes) is 2. The molecular weight excluding hydrogens is 182 g/mol. The lowest BCUT2D eigenvalue weighted by Crippen LogP contribution is -2.48. The van der Waals surface area contributed by atoms with Crippen LogP contribution in [0.25, 0.3) is 0 Å². The van der Waals surface area contributed by atoms with E-state index in [0.29, 0.717) is 12.8 Å². The third-order valence-electron chi connectivity index (χ3n) is 2.01. The number of carbonyl (C=O) groups excluding carboxylic acids is 2. The van der Waals surface area contributed by atoms with Crippen LogP contribution in [-0.2, 0) is 14.3 Å². The minimum absolute atomic E-state index is 0.0223. The number of nitrogens with one attached hydrogen (secondary N) is 1. The SMILES string of the molecule is C#CCCCCC1OCC(=O)NC1=O. The van der Waals surface area contributed by atoms with Gasteiger partial charge in [0, 0.05) is 6.42 Å². The van der Waals surface area contributed by atoms with Gasteiger partial charge in [0.25, 0.3) is 11.8 Å². The summed E-state index contributed by atoms with van der Waals surface area (Å²) < 4.78 is 5.07. The van der Waals surface area contributed by atoms with Crippen molar-refractivity contribution < 1.29 is 14.3 Å². The Morgan fingerprint density at radius 2 is 2.29 bits per heavy atom. The van der Waals surface area contributed by atoms with Crippen LogP contribution in [0.5, 0.6) is 0 Å². The van der Waals surface area contributed by atoms with Gasteiger partial charge < -0.3 is 4.74 Å². The summed E-state index contributed by atoms with van der Waals surface area (Å²) in [6.07, 6.45) is 7.68. The number of imide groups is 1. The summed E-state index contributed by atoms with van der Waals surface area (Å²) >= 11 is 0. The molecule has 0 saturated carbocycles. The highest BCUT2D eigenvalue weighted by Gasteiger charge is 2.26. The molecule has 0 aromatic carbocycles. The average Bonchev–Trinajstić information content (AvgIpc) is 2.15. The largest absolute Gasteiger partial charge is 0.359 e. The van der Waals surface area contributed by atoms with Gasteiger partial charge in [-0.2, -0.15) is 0 Å². The first-order valence-electron chi connectivity index (χ1n) is 4.63. The van der Waals surface area contributed by atoms with Gasteiger partial charge in [0.1, 0.15) is 12.7 Å². The first kappa shape index (κ1) is 10.7. The zero-order valence-corrected chi connectivity index (χ0v) is 7.91. The average molecular weight is 195 g/mol. The van der Waals surface area contributed by atoms with Gasteiger partial charge in [0.05, 0.1) is 0 Å². The van der Waals surface area contributed by atoms with Gasteiger partial charge in [0.2, 0.25) is 0 Å². The van der Waals surface area contributed by atoms with Crippen LogP contribution in [0.4, 0.5) is 0 Å². The van der Waals surface area contributed by atoms with Crippen LogP contribution in [0.1, 0.15) is 25.7 Å². The molecule has 0 aliphatic carbocycles. The third kappa shape index (κ3) is 3.19. The minimum atomic E-state index is -0.481. The van der Waals surface area contributed by atoms with Crippen molar-refractivity contribution in [1.82, 2.24) is 5.32 Å². The first-order chi connectivity index (χ1) is 6.74. The molecule has 1 atom stereocenters.